The van der Waals surface area contributed by atoms with Crippen LogP contribution < -0.4 is 38.5 Å². The summed E-state index contributed by atoms with van der Waals surface area (Å²) in [7, 11) is 0. The number of hydrogen-bond donors (Lipinski definition) is 10. The SMILES string of the molecule is NC(=O)CCC(NC(=O)C1CCCN1C(=O)CNC(=O)C(CCC(N)=O)NC(=O)C1CCCN1C(=O)CNC(=O)c1cc(O)c(O)c(O)c1)C(N)=O. The van der Waals surface area contributed by atoms with Crippen LogP contribution in [0.15, 0.2) is 12.1 Å². The smallest absolute Gasteiger partial charge is 0.251 e. The summed E-state index contributed by atoms with van der Waals surface area (Å²) in [6.45, 7) is -0.888. The molecule has 4 unspecified atom stereocenters. The zero-order valence-electron chi connectivity index (χ0n) is 28.1. The Labute approximate surface area is 296 Å². The molecule has 1 aromatic rings. The van der Waals surface area contributed by atoms with Crippen molar-refractivity contribution >= 4 is 53.2 Å². The lowest BCUT2D eigenvalue weighted by Crippen LogP contribution is -2.56. The minimum atomic E-state index is -1.36. The molecule has 52 heavy (non-hydrogen) atoms. The third-order valence-corrected chi connectivity index (χ3v) is 8.55. The number of phenols is 3. The van der Waals surface area contributed by atoms with E-state index in [1.807, 2.05) is 0 Å². The number of nitrogens with one attached hydrogen (secondary N) is 4. The molecule has 2 fully saturated rings. The average Bonchev–Trinajstić information content (AvgIpc) is 3.79. The van der Waals surface area contributed by atoms with Crippen LogP contribution >= 0.6 is 0 Å². The van der Waals surface area contributed by atoms with Crippen LogP contribution in [0.2, 0.25) is 0 Å². The van der Waals surface area contributed by atoms with E-state index in [-0.39, 0.29) is 57.2 Å². The van der Waals surface area contributed by atoms with E-state index >= 15 is 0 Å². The largest absolute Gasteiger partial charge is 0.504 e. The molecule has 0 bridgehead atoms. The number of rotatable bonds is 17. The van der Waals surface area contributed by atoms with Gasteiger partial charge in [-0.25, -0.2) is 0 Å². The fourth-order valence-electron chi connectivity index (χ4n) is 5.82. The van der Waals surface area contributed by atoms with E-state index in [0.717, 1.165) is 12.1 Å². The Morgan fingerprint density at radius 3 is 1.60 bits per heavy atom. The Hall–Kier alpha value is -6.15. The number of nitrogens with zero attached hydrogens (tertiary/aromatic N) is 2. The van der Waals surface area contributed by atoms with E-state index in [9.17, 15) is 58.5 Å². The minimum absolute atomic E-state index is 0.131. The van der Waals surface area contributed by atoms with Gasteiger partial charge in [0.05, 0.1) is 13.1 Å². The number of nitrogens with two attached hydrogens (primary N) is 3. The highest BCUT2D eigenvalue weighted by Crippen LogP contribution is 2.35. The van der Waals surface area contributed by atoms with Gasteiger partial charge in [-0.05, 0) is 50.7 Å². The molecule has 2 saturated heterocycles. The highest BCUT2D eigenvalue weighted by Gasteiger charge is 2.38. The van der Waals surface area contributed by atoms with Gasteiger partial charge in [0.25, 0.3) is 5.91 Å². The Morgan fingerprint density at radius 2 is 1.13 bits per heavy atom. The lowest BCUT2D eigenvalue weighted by Gasteiger charge is -2.27. The van der Waals surface area contributed by atoms with Gasteiger partial charge in [-0.1, -0.05) is 0 Å². The van der Waals surface area contributed by atoms with Gasteiger partial charge in [0.1, 0.15) is 24.2 Å². The lowest BCUT2D eigenvalue weighted by molar-refractivity contribution is -0.140. The molecule has 0 saturated carbocycles. The van der Waals surface area contributed by atoms with Crippen molar-refractivity contribution in [3.63, 3.8) is 0 Å². The first-order valence-electron chi connectivity index (χ1n) is 16.4. The predicted octanol–water partition coefficient (Wildman–Crippen LogP) is -4.38. The summed E-state index contributed by atoms with van der Waals surface area (Å²) in [6.07, 6.45) is 0.364. The molecule has 0 aliphatic carbocycles. The molecule has 9 amide bonds. The van der Waals surface area contributed by atoms with Gasteiger partial charge in [-0.3, -0.25) is 43.2 Å². The molecule has 3 rings (SSSR count). The van der Waals surface area contributed by atoms with E-state index in [4.69, 9.17) is 17.2 Å². The highest BCUT2D eigenvalue weighted by molar-refractivity contribution is 5.99. The lowest BCUT2D eigenvalue weighted by atomic mass is 10.1. The maximum absolute atomic E-state index is 13.3. The number of phenolic OH excluding ortho intramolecular Hbond substituents is 3. The molecule has 2 aliphatic rings. The fourth-order valence-corrected chi connectivity index (χ4v) is 5.82. The summed E-state index contributed by atoms with van der Waals surface area (Å²) in [6, 6.07) is -2.87. The molecule has 1 aromatic carbocycles. The fraction of sp³-hybridized carbons (Fsp3) is 0.516. The van der Waals surface area contributed by atoms with Crippen molar-refractivity contribution < 1.29 is 58.5 Å². The number of likely N-dealkylation sites (tertiary alicyclic amines) is 2. The van der Waals surface area contributed by atoms with Gasteiger partial charge in [0, 0.05) is 31.5 Å². The number of benzene rings is 1. The molecule has 2 aliphatic heterocycles. The van der Waals surface area contributed by atoms with Crippen molar-refractivity contribution in [2.24, 2.45) is 17.2 Å². The standard InChI is InChI=1S/C31H43N9O12/c32-22(43)7-5-16(27(34)48)37-30(51)18-3-1-9-39(18)25(46)14-36-29(50)17(6-8-23(33)44)38-31(52)19-4-2-10-40(19)24(45)13-35-28(49)15-11-20(41)26(47)21(42)12-15/h11-12,16-19,41-42,47H,1-10,13-14H2,(H2,32,43)(H2,33,44)(H2,34,48)(H,35,49)(H,36,50)(H,37,51)(H,38,52). The van der Waals surface area contributed by atoms with E-state index in [0.29, 0.717) is 12.8 Å². The second-order valence-corrected chi connectivity index (χ2v) is 12.3. The number of amides is 9. The van der Waals surface area contributed by atoms with Crippen LogP contribution in [0.5, 0.6) is 17.2 Å². The van der Waals surface area contributed by atoms with Crippen LogP contribution in [-0.4, -0.2) is 129 Å². The average molecular weight is 734 g/mol. The van der Waals surface area contributed by atoms with Crippen molar-refractivity contribution in [1.82, 2.24) is 31.1 Å². The first-order chi connectivity index (χ1) is 24.5. The Bertz CT molecular complexity index is 1580. The van der Waals surface area contributed by atoms with Crippen LogP contribution in [0.1, 0.15) is 61.7 Å². The molecule has 4 atom stereocenters. The monoisotopic (exact) mass is 733 g/mol. The van der Waals surface area contributed by atoms with Crippen molar-refractivity contribution in [3.8, 4) is 17.2 Å². The predicted molar refractivity (Wildman–Crippen MR) is 176 cm³/mol. The van der Waals surface area contributed by atoms with E-state index in [2.05, 4.69) is 21.3 Å². The van der Waals surface area contributed by atoms with Crippen molar-refractivity contribution in [2.45, 2.75) is 75.5 Å². The third-order valence-electron chi connectivity index (χ3n) is 8.55. The van der Waals surface area contributed by atoms with E-state index in [1.54, 1.807) is 0 Å². The van der Waals surface area contributed by atoms with Crippen LogP contribution in [0.3, 0.4) is 0 Å². The topological polar surface area (TPSA) is 347 Å². The second-order valence-electron chi connectivity index (χ2n) is 12.3. The van der Waals surface area contributed by atoms with E-state index in [1.165, 1.54) is 9.80 Å². The molecule has 13 N–H and O–H groups in total. The summed E-state index contributed by atoms with van der Waals surface area (Å²) < 4.78 is 0. The van der Waals surface area contributed by atoms with Crippen LogP contribution in [-0.2, 0) is 38.4 Å². The molecule has 21 heteroatoms. The number of aromatic hydroxyl groups is 3. The Kier molecular flexibility index (Phi) is 14.1. The Morgan fingerprint density at radius 1 is 0.692 bits per heavy atom. The number of primary amides is 3. The molecule has 0 spiro atoms. The highest BCUT2D eigenvalue weighted by atomic mass is 16.3. The zero-order valence-corrected chi connectivity index (χ0v) is 28.1. The summed E-state index contributed by atoms with van der Waals surface area (Å²) >= 11 is 0. The minimum Gasteiger partial charge on any atom is -0.504 e. The van der Waals surface area contributed by atoms with Crippen molar-refractivity contribution in [1.29, 1.82) is 0 Å². The summed E-state index contributed by atoms with van der Waals surface area (Å²) in [4.78, 5) is 115. The molecular weight excluding hydrogens is 690 g/mol. The van der Waals surface area contributed by atoms with Crippen LogP contribution in [0, 0.1) is 0 Å². The normalized spacial score (nSPS) is 17.8. The zero-order chi connectivity index (χ0) is 38.7. The van der Waals surface area contributed by atoms with Gasteiger partial charge in [-0.15, -0.1) is 0 Å². The molecular formula is C31H43N9O12. The van der Waals surface area contributed by atoms with Crippen molar-refractivity contribution in [3.05, 3.63) is 17.7 Å². The third kappa shape index (κ3) is 10.9. The number of hydrogen-bond acceptors (Lipinski definition) is 12. The number of carbonyl (C=O) groups excluding carboxylic acids is 9. The van der Waals surface area contributed by atoms with Crippen LogP contribution in [0.4, 0.5) is 0 Å². The van der Waals surface area contributed by atoms with E-state index < -0.39 is 108 Å². The molecule has 21 nitrogen and oxygen atoms in total. The molecule has 0 aromatic heterocycles. The maximum Gasteiger partial charge on any atom is 0.251 e. The Balaban J connectivity index is 1.59. The second kappa shape index (κ2) is 18.2. The first-order valence-corrected chi connectivity index (χ1v) is 16.4. The maximum atomic E-state index is 13.3. The first kappa shape index (κ1) is 40.3. The molecule has 0 radical (unpaired) electrons. The number of carbonyl (C=O) groups is 9. The molecule has 284 valence electrons. The van der Waals surface area contributed by atoms with Crippen LogP contribution in [0.25, 0.3) is 0 Å². The van der Waals surface area contributed by atoms with Crippen molar-refractivity contribution in [2.75, 3.05) is 26.2 Å². The quantitative estimate of drug-likeness (QED) is 0.0679. The summed E-state index contributed by atoms with van der Waals surface area (Å²) in [5.41, 5.74) is 15.4. The summed E-state index contributed by atoms with van der Waals surface area (Å²) in [5.74, 6) is -9.21. The summed E-state index contributed by atoms with van der Waals surface area (Å²) in [5, 5.41) is 38.4. The van der Waals surface area contributed by atoms with Gasteiger partial charge in [-0.2, -0.15) is 0 Å². The van der Waals surface area contributed by atoms with Gasteiger partial charge in [0.2, 0.25) is 47.3 Å². The van der Waals surface area contributed by atoms with Gasteiger partial charge in [0.15, 0.2) is 17.2 Å². The molecule has 2 heterocycles. The van der Waals surface area contributed by atoms with Gasteiger partial charge >= 0.3 is 0 Å². The van der Waals surface area contributed by atoms with Gasteiger partial charge < -0.3 is 63.6 Å².